The van der Waals surface area contributed by atoms with E-state index in [1.807, 2.05) is 24.0 Å². The van der Waals surface area contributed by atoms with E-state index in [9.17, 15) is 0 Å². The monoisotopic (exact) mass is 394 g/mol. The van der Waals surface area contributed by atoms with Gasteiger partial charge in [0.2, 0.25) is 0 Å². The van der Waals surface area contributed by atoms with Gasteiger partial charge in [0, 0.05) is 35.4 Å². The number of nitrogens with zero attached hydrogens (tertiary/aromatic N) is 4. The molecule has 148 valence electrons. The smallest absolute Gasteiger partial charge is 0.160 e. The van der Waals surface area contributed by atoms with Crippen LogP contribution in [0.15, 0.2) is 35.5 Å². The fourth-order valence-corrected chi connectivity index (χ4v) is 6.85. The van der Waals surface area contributed by atoms with Crippen molar-refractivity contribution in [2.45, 2.75) is 77.0 Å². The van der Waals surface area contributed by atoms with Gasteiger partial charge in [-0.1, -0.05) is 37.6 Å². The van der Waals surface area contributed by atoms with Crippen LogP contribution in [0.2, 0.25) is 0 Å². The zero-order valence-electron chi connectivity index (χ0n) is 17.1. The Morgan fingerprint density at radius 1 is 1.18 bits per heavy atom. The number of hydrogen-bond acceptors (Lipinski definition) is 4. The van der Waals surface area contributed by atoms with Crippen molar-refractivity contribution in [1.29, 1.82) is 0 Å². The van der Waals surface area contributed by atoms with E-state index < -0.39 is 0 Å². The van der Waals surface area contributed by atoms with Crippen LogP contribution >= 0.6 is 11.8 Å². The topological polar surface area (TPSA) is 33.4 Å². The number of aliphatic imine (C=N–C) groups is 1. The van der Waals surface area contributed by atoms with Crippen LogP contribution < -0.4 is 0 Å². The van der Waals surface area contributed by atoms with Gasteiger partial charge in [-0.3, -0.25) is 9.98 Å². The molecule has 5 rings (SSSR count). The van der Waals surface area contributed by atoms with Crippen LogP contribution in [0.25, 0.3) is 0 Å². The molecule has 1 aliphatic carbocycles. The quantitative estimate of drug-likeness (QED) is 0.677. The molecule has 4 nitrogen and oxygen atoms in total. The Hall–Kier alpha value is -1.75. The fourth-order valence-electron chi connectivity index (χ4n) is 5.51. The van der Waals surface area contributed by atoms with Crippen LogP contribution in [-0.2, 0) is 0 Å². The van der Waals surface area contributed by atoms with Gasteiger partial charge in [0.25, 0.3) is 0 Å². The van der Waals surface area contributed by atoms with Crippen LogP contribution in [0.4, 0.5) is 0 Å². The Bertz CT molecular complexity index is 882. The maximum Gasteiger partial charge on any atom is 0.160 e. The molecular weight excluding hydrogens is 364 g/mol. The third kappa shape index (κ3) is 2.81. The average molecular weight is 395 g/mol. The number of aryl methyl sites for hydroxylation is 1. The molecule has 2 fully saturated rings. The fraction of sp³-hybridized carbons (Fsp3) is 0.565. The predicted octanol–water partition coefficient (Wildman–Crippen LogP) is 5.59. The zero-order valence-corrected chi connectivity index (χ0v) is 18.0. The number of fused-ring (bicyclic) bond motifs is 1. The second kappa shape index (κ2) is 7.25. The highest BCUT2D eigenvalue weighted by atomic mass is 32.2. The van der Waals surface area contributed by atoms with Crippen LogP contribution in [0.1, 0.15) is 79.8 Å². The largest absolute Gasteiger partial charge is 0.346 e. The molecule has 0 unspecified atom stereocenters. The number of thioether (sulfide) groups is 1. The highest BCUT2D eigenvalue weighted by Crippen LogP contribution is 2.50. The minimum Gasteiger partial charge on any atom is -0.346 e. The molecular formula is C23H30N4S. The molecule has 3 atom stereocenters. The van der Waals surface area contributed by atoms with Gasteiger partial charge in [-0.25, -0.2) is 0 Å². The van der Waals surface area contributed by atoms with Gasteiger partial charge in [-0.05, 0) is 56.9 Å². The van der Waals surface area contributed by atoms with Gasteiger partial charge in [0.15, 0.2) is 5.17 Å². The molecule has 1 saturated heterocycles. The molecule has 2 aliphatic heterocycles. The lowest BCUT2D eigenvalue weighted by atomic mass is 9.95. The van der Waals surface area contributed by atoms with Crippen molar-refractivity contribution < 1.29 is 0 Å². The van der Waals surface area contributed by atoms with Crippen LogP contribution in [0.5, 0.6) is 0 Å². The average Bonchev–Trinajstić information content (AvgIpc) is 3.47. The van der Waals surface area contributed by atoms with Crippen molar-refractivity contribution in [2.75, 3.05) is 5.75 Å². The van der Waals surface area contributed by atoms with Crippen molar-refractivity contribution in [3.05, 3.63) is 53.1 Å². The number of pyridine rings is 1. The van der Waals surface area contributed by atoms with Gasteiger partial charge < -0.3 is 9.47 Å². The van der Waals surface area contributed by atoms with E-state index in [4.69, 9.17) is 9.98 Å². The molecule has 28 heavy (non-hydrogen) atoms. The Kier molecular flexibility index (Phi) is 4.74. The Balaban J connectivity index is 1.60. The summed E-state index contributed by atoms with van der Waals surface area (Å²) in [7, 11) is 0. The molecule has 0 spiro atoms. The first-order valence-electron chi connectivity index (χ1n) is 10.8. The molecule has 2 aromatic heterocycles. The van der Waals surface area contributed by atoms with Crippen molar-refractivity contribution >= 4 is 16.9 Å². The summed E-state index contributed by atoms with van der Waals surface area (Å²) in [5.74, 6) is 1.15. The van der Waals surface area contributed by atoms with Gasteiger partial charge in [-0.15, -0.1) is 0 Å². The van der Waals surface area contributed by atoms with E-state index in [1.165, 1.54) is 54.2 Å². The summed E-state index contributed by atoms with van der Waals surface area (Å²) in [6, 6.07) is 10.3. The van der Waals surface area contributed by atoms with Gasteiger partial charge >= 0.3 is 0 Å². The summed E-state index contributed by atoms with van der Waals surface area (Å²) in [4.78, 5) is 12.5. The van der Waals surface area contributed by atoms with Gasteiger partial charge in [0.1, 0.15) is 6.04 Å². The highest BCUT2D eigenvalue weighted by Gasteiger charge is 2.46. The maximum absolute atomic E-state index is 5.19. The first-order valence-corrected chi connectivity index (χ1v) is 11.8. The van der Waals surface area contributed by atoms with Crippen LogP contribution in [0.3, 0.4) is 0 Å². The lowest BCUT2D eigenvalue weighted by molar-refractivity contribution is 0.254. The highest BCUT2D eigenvalue weighted by molar-refractivity contribution is 8.14. The van der Waals surface area contributed by atoms with Crippen molar-refractivity contribution in [1.82, 2.24) is 14.5 Å². The first-order chi connectivity index (χ1) is 13.7. The van der Waals surface area contributed by atoms with Gasteiger partial charge in [0.05, 0.1) is 11.7 Å². The van der Waals surface area contributed by atoms with E-state index in [2.05, 4.69) is 48.4 Å². The van der Waals surface area contributed by atoms with E-state index in [1.54, 1.807) is 0 Å². The summed E-state index contributed by atoms with van der Waals surface area (Å²) < 4.78 is 2.62. The van der Waals surface area contributed by atoms with E-state index >= 15 is 0 Å². The molecule has 2 aromatic rings. The molecule has 1 saturated carbocycles. The van der Waals surface area contributed by atoms with Crippen LogP contribution in [0, 0.1) is 13.8 Å². The summed E-state index contributed by atoms with van der Waals surface area (Å²) in [5.41, 5.74) is 5.40. The van der Waals surface area contributed by atoms with E-state index in [-0.39, 0.29) is 12.1 Å². The normalized spacial score (nSPS) is 27.5. The lowest BCUT2D eigenvalue weighted by Gasteiger charge is -2.32. The summed E-state index contributed by atoms with van der Waals surface area (Å²) in [5, 5.41) is 1.22. The first kappa shape index (κ1) is 18.3. The summed E-state index contributed by atoms with van der Waals surface area (Å²) in [6.07, 6.45) is 8.45. The second-order valence-electron chi connectivity index (χ2n) is 8.47. The molecule has 0 N–H and O–H groups in total. The zero-order chi connectivity index (χ0) is 19.3. The number of hydrogen-bond donors (Lipinski definition) is 0. The van der Waals surface area contributed by atoms with E-state index in [0.29, 0.717) is 12.1 Å². The summed E-state index contributed by atoms with van der Waals surface area (Å²) >= 11 is 1.93. The molecule has 3 aliphatic rings. The molecule has 5 heteroatoms. The Morgan fingerprint density at radius 2 is 2.00 bits per heavy atom. The van der Waals surface area contributed by atoms with Crippen molar-refractivity contribution in [2.24, 2.45) is 4.99 Å². The molecule has 0 aromatic carbocycles. The molecule has 0 radical (unpaired) electrons. The standard InChI is InChI=1S/C23H30N4S/c1-4-17-14-28-23-25-21(20-11-7-8-12-24-20)22(27(17)23)19-13-15(2)26(16(19)3)18-9-5-6-10-18/h7-8,11-13,17-18,21-22H,4-6,9-10,14H2,1-3H3/t17-,21+,22+/m0/s1. The Labute approximate surface area is 172 Å². The molecule has 0 bridgehead atoms. The summed E-state index contributed by atoms with van der Waals surface area (Å²) in [6.45, 7) is 6.93. The Morgan fingerprint density at radius 3 is 2.71 bits per heavy atom. The second-order valence-corrected chi connectivity index (χ2v) is 9.46. The van der Waals surface area contributed by atoms with Crippen molar-refractivity contribution in [3.8, 4) is 0 Å². The third-order valence-corrected chi connectivity index (χ3v) is 7.99. The number of aromatic nitrogens is 2. The van der Waals surface area contributed by atoms with E-state index in [0.717, 1.165) is 11.4 Å². The minimum atomic E-state index is 0.0931. The predicted molar refractivity (Wildman–Crippen MR) is 117 cm³/mol. The SMILES string of the molecule is CC[C@H]1CSC2=N[C@H](c3ccccn3)[C@@H](c3cc(C)n(C4CCCC4)c3C)N21. The lowest BCUT2D eigenvalue weighted by Crippen LogP contribution is -2.35. The number of amidine groups is 1. The molecule has 0 amide bonds. The van der Waals surface area contributed by atoms with Crippen LogP contribution in [-0.4, -0.2) is 31.4 Å². The maximum atomic E-state index is 5.19. The number of rotatable bonds is 4. The third-order valence-electron chi connectivity index (χ3n) is 6.86. The van der Waals surface area contributed by atoms with Gasteiger partial charge in [-0.2, -0.15) is 0 Å². The minimum absolute atomic E-state index is 0.0931. The van der Waals surface area contributed by atoms with Crippen molar-refractivity contribution in [3.63, 3.8) is 0 Å². The molecule has 4 heterocycles.